The lowest BCUT2D eigenvalue weighted by atomic mass is 10.3. The molecule has 0 heterocycles. The summed E-state index contributed by atoms with van der Waals surface area (Å²) in [7, 11) is 0. The van der Waals surface area contributed by atoms with E-state index in [2.05, 4.69) is 15.7 Å². The number of rotatable bonds is 2. The topological polar surface area (TPSA) is 62.4 Å². The highest BCUT2D eigenvalue weighted by Crippen LogP contribution is 2.16. The maximum absolute atomic E-state index is 13.3. The predicted octanol–water partition coefficient (Wildman–Crippen LogP) is 1.60. The van der Waals surface area contributed by atoms with Crippen molar-refractivity contribution in [3.05, 3.63) is 29.8 Å². The minimum atomic E-state index is -0.964. The molecule has 0 aliphatic heterocycles. The number of guanidine groups is 1. The molecule has 0 aliphatic carbocycles. The second-order valence-electron chi connectivity index (χ2n) is 3.44. The zero-order valence-electron chi connectivity index (χ0n) is 9.09. The van der Waals surface area contributed by atoms with Gasteiger partial charge < -0.3 is 5.32 Å². The van der Waals surface area contributed by atoms with E-state index in [4.69, 9.17) is 5.84 Å². The Morgan fingerprint density at radius 3 is 2.62 bits per heavy atom. The quantitative estimate of drug-likeness (QED) is 0.312. The molecule has 0 radical (unpaired) electrons. The minimum absolute atomic E-state index is 0.0163. The van der Waals surface area contributed by atoms with E-state index in [9.17, 15) is 8.78 Å². The Morgan fingerprint density at radius 1 is 1.38 bits per heavy atom. The van der Waals surface area contributed by atoms with Crippen LogP contribution in [-0.4, -0.2) is 12.0 Å². The van der Waals surface area contributed by atoms with Crippen molar-refractivity contribution in [3.63, 3.8) is 0 Å². The van der Waals surface area contributed by atoms with Crippen LogP contribution in [0.3, 0.4) is 0 Å². The molecular formula is C10H14F2N4. The summed E-state index contributed by atoms with van der Waals surface area (Å²) in [6, 6.07) is 3.81. The normalized spacial score (nSPS) is 11.8. The molecule has 0 atom stereocenters. The maximum atomic E-state index is 13.3. The standard InChI is InChI=1S/C10H14F2N4/c1-6(2)14-10(16-13)15-8-5-3-4-7(11)9(8)12/h3-6H,13H2,1-2H3,(H2,14,15,16). The van der Waals surface area contributed by atoms with Gasteiger partial charge in [0.1, 0.15) is 0 Å². The molecule has 0 unspecified atom stereocenters. The second kappa shape index (κ2) is 5.41. The molecule has 1 aromatic carbocycles. The van der Waals surface area contributed by atoms with E-state index in [-0.39, 0.29) is 17.7 Å². The first-order valence-electron chi connectivity index (χ1n) is 4.80. The summed E-state index contributed by atoms with van der Waals surface area (Å²) in [5.74, 6) is 3.49. The number of nitrogens with two attached hydrogens (primary N) is 1. The molecule has 0 saturated heterocycles. The third-order valence-corrected chi connectivity index (χ3v) is 1.73. The molecule has 6 heteroatoms. The van der Waals surface area contributed by atoms with Gasteiger partial charge in [-0.05, 0) is 26.0 Å². The molecule has 0 amide bonds. The van der Waals surface area contributed by atoms with Crippen LogP contribution < -0.4 is 16.6 Å². The van der Waals surface area contributed by atoms with E-state index in [0.717, 1.165) is 6.07 Å². The highest BCUT2D eigenvalue weighted by molar-refractivity contribution is 5.93. The van der Waals surface area contributed by atoms with Crippen molar-refractivity contribution in [2.24, 2.45) is 10.8 Å². The van der Waals surface area contributed by atoms with E-state index in [1.165, 1.54) is 12.1 Å². The van der Waals surface area contributed by atoms with Crippen molar-refractivity contribution >= 4 is 11.6 Å². The van der Waals surface area contributed by atoms with Gasteiger partial charge in [0, 0.05) is 6.04 Å². The summed E-state index contributed by atoms with van der Waals surface area (Å²) >= 11 is 0. The number of nitrogens with one attached hydrogen (secondary N) is 2. The van der Waals surface area contributed by atoms with Crippen LogP contribution in [0.1, 0.15) is 13.8 Å². The average molecular weight is 228 g/mol. The Hall–Kier alpha value is -1.69. The summed E-state index contributed by atoms with van der Waals surface area (Å²) in [6.07, 6.45) is 0. The summed E-state index contributed by atoms with van der Waals surface area (Å²) < 4.78 is 26.2. The lowest BCUT2D eigenvalue weighted by molar-refractivity contribution is 0.512. The van der Waals surface area contributed by atoms with Crippen molar-refractivity contribution in [1.29, 1.82) is 0 Å². The molecule has 4 N–H and O–H groups in total. The molecule has 0 fully saturated rings. The molecule has 16 heavy (non-hydrogen) atoms. The lowest BCUT2D eigenvalue weighted by Gasteiger charge is -2.11. The maximum Gasteiger partial charge on any atom is 0.210 e. The first kappa shape index (κ1) is 12.4. The van der Waals surface area contributed by atoms with Crippen LogP contribution in [0, 0.1) is 11.6 Å². The van der Waals surface area contributed by atoms with Crippen LogP contribution >= 0.6 is 0 Å². The Morgan fingerprint density at radius 2 is 2.06 bits per heavy atom. The number of aliphatic imine (C=N–C) groups is 1. The van der Waals surface area contributed by atoms with Gasteiger partial charge in [0.05, 0.1) is 5.69 Å². The van der Waals surface area contributed by atoms with Gasteiger partial charge in [-0.1, -0.05) is 6.07 Å². The second-order valence-corrected chi connectivity index (χ2v) is 3.44. The molecule has 88 valence electrons. The number of hydrogen-bond donors (Lipinski definition) is 3. The van der Waals surface area contributed by atoms with Crippen molar-refractivity contribution in [3.8, 4) is 0 Å². The van der Waals surface area contributed by atoms with Crippen molar-refractivity contribution < 1.29 is 8.78 Å². The first-order valence-corrected chi connectivity index (χ1v) is 4.80. The third kappa shape index (κ3) is 3.16. The molecule has 0 aromatic heterocycles. The largest absolute Gasteiger partial charge is 0.323 e. The van der Waals surface area contributed by atoms with Gasteiger partial charge in [-0.3, -0.25) is 5.43 Å². The van der Waals surface area contributed by atoms with Crippen molar-refractivity contribution in [2.45, 2.75) is 19.9 Å². The van der Waals surface area contributed by atoms with Gasteiger partial charge in [0.2, 0.25) is 5.96 Å². The summed E-state index contributed by atoms with van der Waals surface area (Å²) in [5, 5.41) is 2.57. The van der Waals surface area contributed by atoms with Crippen molar-refractivity contribution in [1.82, 2.24) is 5.43 Å². The lowest BCUT2D eigenvalue weighted by Crippen LogP contribution is -2.37. The van der Waals surface area contributed by atoms with Crippen LogP contribution in [0.5, 0.6) is 0 Å². The van der Waals surface area contributed by atoms with Crippen molar-refractivity contribution in [2.75, 3.05) is 5.32 Å². The number of nitrogens with zero attached hydrogens (tertiary/aromatic N) is 1. The van der Waals surface area contributed by atoms with E-state index in [1.807, 2.05) is 13.8 Å². The van der Waals surface area contributed by atoms with Crippen LogP contribution in [0.4, 0.5) is 14.5 Å². The van der Waals surface area contributed by atoms with Crippen LogP contribution in [0.2, 0.25) is 0 Å². The molecule has 0 spiro atoms. The Bertz CT molecular complexity index is 390. The molecule has 4 nitrogen and oxygen atoms in total. The molecule has 0 saturated carbocycles. The predicted molar refractivity (Wildman–Crippen MR) is 59.9 cm³/mol. The fraction of sp³-hybridized carbons (Fsp3) is 0.300. The highest BCUT2D eigenvalue weighted by atomic mass is 19.2. The average Bonchev–Trinajstić information content (AvgIpc) is 2.23. The summed E-state index contributed by atoms with van der Waals surface area (Å²) in [5.41, 5.74) is 2.26. The van der Waals surface area contributed by atoms with Crippen LogP contribution in [0.15, 0.2) is 23.2 Å². The highest BCUT2D eigenvalue weighted by Gasteiger charge is 2.08. The van der Waals surface area contributed by atoms with Gasteiger partial charge in [-0.25, -0.2) is 19.6 Å². The van der Waals surface area contributed by atoms with Gasteiger partial charge in [-0.2, -0.15) is 0 Å². The first-order chi connectivity index (χ1) is 7.54. The number of halogens is 2. The SMILES string of the molecule is CC(C)N=C(NN)Nc1cccc(F)c1F. The number of benzene rings is 1. The zero-order chi connectivity index (χ0) is 12.1. The Kier molecular flexibility index (Phi) is 4.19. The monoisotopic (exact) mass is 228 g/mol. The van der Waals surface area contributed by atoms with E-state index >= 15 is 0 Å². The summed E-state index contributed by atoms with van der Waals surface area (Å²) in [6.45, 7) is 3.67. The number of hydrazine groups is 1. The number of anilines is 1. The minimum Gasteiger partial charge on any atom is -0.323 e. The molecule has 0 aliphatic rings. The molecule has 1 rings (SSSR count). The fourth-order valence-electron chi connectivity index (χ4n) is 1.09. The smallest absolute Gasteiger partial charge is 0.210 e. The van der Waals surface area contributed by atoms with Gasteiger partial charge in [-0.15, -0.1) is 0 Å². The third-order valence-electron chi connectivity index (χ3n) is 1.73. The molecular weight excluding hydrogens is 214 g/mol. The Balaban J connectivity index is 2.91. The van der Waals surface area contributed by atoms with Gasteiger partial charge in [0.25, 0.3) is 0 Å². The summed E-state index contributed by atoms with van der Waals surface area (Å²) in [4.78, 5) is 4.04. The van der Waals surface area contributed by atoms with Crippen LogP contribution in [-0.2, 0) is 0 Å². The molecule has 0 bridgehead atoms. The van der Waals surface area contributed by atoms with Gasteiger partial charge in [0.15, 0.2) is 11.6 Å². The molecule has 1 aromatic rings. The zero-order valence-corrected chi connectivity index (χ0v) is 9.09. The van der Waals surface area contributed by atoms with E-state index < -0.39 is 11.6 Å². The van der Waals surface area contributed by atoms with E-state index in [1.54, 1.807) is 0 Å². The van der Waals surface area contributed by atoms with E-state index in [0.29, 0.717) is 0 Å². The van der Waals surface area contributed by atoms with Gasteiger partial charge >= 0.3 is 0 Å². The van der Waals surface area contributed by atoms with Crippen LogP contribution in [0.25, 0.3) is 0 Å². The number of hydrogen-bond acceptors (Lipinski definition) is 2. The fourth-order valence-corrected chi connectivity index (χ4v) is 1.09. The Labute approximate surface area is 92.5 Å².